The fourth-order valence-corrected chi connectivity index (χ4v) is 3.47. The van der Waals surface area contributed by atoms with E-state index in [4.69, 9.17) is 27.9 Å². The minimum atomic E-state index is -0.406. The average molecular weight is 397 g/mol. The van der Waals surface area contributed by atoms with Gasteiger partial charge in [-0.05, 0) is 25.1 Å². The van der Waals surface area contributed by atoms with Gasteiger partial charge < -0.3 is 10.1 Å². The van der Waals surface area contributed by atoms with Crippen molar-refractivity contribution in [2.24, 2.45) is 0 Å². The van der Waals surface area contributed by atoms with Crippen LogP contribution in [0.3, 0.4) is 0 Å². The maximum atomic E-state index is 12.4. The van der Waals surface area contributed by atoms with Gasteiger partial charge in [0.15, 0.2) is 10.8 Å². The number of carbonyl (C=O) groups excluding carboxylic acids is 1. The number of nitrogens with one attached hydrogen (secondary N) is 1. The number of ether oxygens (including phenoxy) is 1. The number of hydrogen-bond acceptors (Lipinski definition) is 5. The number of methoxy groups -OCH3 is 1. The van der Waals surface area contributed by atoms with Crippen LogP contribution in [-0.2, 0) is 4.79 Å². The molecule has 25 heavy (non-hydrogen) atoms. The molecule has 1 N–H and O–H groups in total. The highest BCUT2D eigenvalue weighted by molar-refractivity contribution is 8.00. The smallest absolute Gasteiger partial charge is 0.237 e. The highest BCUT2D eigenvalue weighted by Crippen LogP contribution is 2.28. The van der Waals surface area contributed by atoms with Gasteiger partial charge >= 0.3 is 0 Å². The molecule has 0 saturated carbocycles. The normalized spacial score (nSPS) is 12.2. The first kappa shape index (κ1) is 17.8. The zero-order valence-corrected chi connectivity index (χ0v) is 15.7. The van der Waals surface area contributed by atoms with Crippen LogP contribution in [0.4, 0.5) is 5.69 Å². The summed E-state index contributed by atoms with van der Waals surface area (Å²) in [7, 11) is 1.58. The third kappa shape index (κ3) is 4.00. The highest BCUT2D eigenvalue weighted by atomic mass is 35.5. The lowest BCUT2D eigenvalue weighted by molar-refractivity contribution is -0.115. The summed E-state index contributed by atoms with van der Waals surface area (Å²) in [5.41, 5.74) is 1.16. The van der Waals surface area contributed by atoms with E-state index in [-0.39, 0.29) is 5.91 Å². The number of aromatic nitrogens is 3. The summed E-state index contributed by atoms with van der Waals surface area (Å²) in [5, 5.41) is 12.0. The first-order valence-corrected chi connectivity index (χ1v) is 8.93. The Labute approximate surface area is 158 Å². The van der Waals surface area contributed by atoms with E-state index in [2.05, 4.69) is 15.5 Å². The van der Waals surface area contributed by atoms with Crippen LogP contribution in [0.15, 0.2) is 41.7 Å². The fraction of sp³-hybridized carbons (Fsp3) is 0.188. The van der Waals surface area contributed by atoms with Crippen molar-refractivity contribution in [1.82, 2.24) is 14.6 Å². The molecule has 0 radical (unpaired) electrons. The number of fused-ring (bicyclic) bond motifs is 1. The molecule has 1 atom stereocenters. The molecule has 0 unspecified atom stereocenters. The number of rotatable bonds is 5. The topological polar surface area (TPSA) is 68.5 Å². The van der Waals surface area contributed by atoms with Gasteiger partial charge in [0.1, 0.15) is 5.75 Å². The molecule has 0 aliphatic rings. The van der Waals surface area contributed by atoms with Gasteiger partial charge in [-0.15, -0.1) is 10.2 Å². The van der Waals surface area contributed by atoms with E-state index in [0.29, 0.717) is 32.3 Å². The van der Waals surface area contributed by atoms with E-state index >= 15 is 0 Å². The van der Waals surface area contributed by atoms with Crippen LogP contribution < -0.4 is 10.1 Å². The van der Waals surface area contributed by atoms with E-state index in [0.717, 1.165) is 0 Å². The van der Waals surface area contributed by atoms with E-state index in [1.165, 1.54) is 11.8 Å². The standard InChI is InChI=1S/C16H14Cl2N4O2S/c1-9(15(23)19-11-4-3-5-12(7-11)24-2)25-16-21-20-14-13(18)6-10(17)8-22(14)16/h3-9H,1-2H3,(H,19,23)/t9-/m0/s1. The second-order valence-electron chi connectivity index (χ2n) is 5.16. The third-order valence-electron chi connectivity index (χ3n) is 3.38. The molecule has 1 aromatic carbocycles. The van der Waals surface area contributed by atoms with Crippen molar-refractivity contribution in [2.75, 3.05) is 12.4 Å². The Morgan fingerprint density at radius 3 is 2.88 bits per heavy atom. The van der Waals surface area contributed by atoms with Gasteiger partial charge in [0.2, 0.25) is 5.91 Å². The van der Waals surface area contributed by atoms with Gasteiger partial charge in [0.25, 0.3) is 0 Å². The van der Waals surface area contributed by atoms with Crippen LogP contribution >= 0.6 is 35.0 Å². The van der Waals surface area contributed by atoms with Crippen LogP contribution in [0, 0.1) is 0 Å². The quantitative estimate of drug-likeness (QED) is 0.655. The fourth-order valence-electron chi connectivity index (χ4n) is 2.14. The SMILES string of the molecule is COc1cccc(NC(=O)[C@H](C)Sc2nnc3c(Cl)cc(Cl)cn23)c1. The molecule has 0 aliphatic carbocycles. The summed E-state index contributed by atoms with van der Waals surface area (Å²) in [6.45, 7) is 1.79. The van der Waals surface area contributed by atoms with E-state index in [1.807, 2.05) is 12.1 Å². The van der Waals surface area contributed by atoms with Gasteiger partial charge in [0.05, 0.1) is 22.4 Å². The predicted octanol–water partition coefficient (Wildman–Crippen LogP) is 4.16. The van der Waals surface area contributed by atoms with E-state index in [1.54, 1.807) is 42.8 Å². The van der Waals surface area contributed by atoms with Crippen molar-refractivity contribution in [3.8, 4) is 5.75 Å². The zero-order valence-electron chi connectivity index (χ0n) is 13.4. The molecule has 1 amide bonds. The minimum absolute atomic E-state index is 0.164. The molecule has 0 fully saturated rings. The van der Waals surface area contributed by atoms with Gasteiger partial charge in [-0.2, -0.15) is 0 Å². The van der Waals surface area contributed by atoms with Crippen molar-refractivity contribution in [3.05, 3.63) is 46.6 Å². The second kappa shape index (κ2) is 7.51. The molecule has 2 aromatic heterocycles. The maximum Gasteiger partial charge on any atom is 0.237 e. The number of carbonyl (C=O) groups is 1. The van der Waals surface area contributed by atoms with Gasteiger partial charge in [-0.25, -0.2) is 0 Å². The molecule has 9 heteroatoms. The predicted molar refractivity (Wildman–Crippen MR) is 99.9 cm³/mol. The van der Waals surface area contributed by atoms with E-state index < -0.39 is 5.25 Å². The lowest BCUT2D eigenvalue weighted by Crippen LogP contribution is -2.22. The molecule has 6 nitrogen and oxygen atoms in total. The lowest BCUT2D eigenvalue weighted by Gasteiger charge is -2.11. The molecule has 3 aromatic rings. The van der Waals surface area contributed by atoms with Crippen LogP contribution in [0.25, 0.3) is 5.65 Å². The molecular formula is C16H14Cl2N4O2S. The Kier molecular flexibility index (Phi) is 5.36. The van der Waals surface area contributed by atoms with Crippen molar-refractivity contribution in [1.29, 1.82) is 0 Å². The lowest BCUT2D eigenvalue weighted by atomic mass is 10.3. The van der Waals surface area contributed by atoms with Crippen molar-refractivity contribution in [3.63, 3.8) is 0 Å². The molecule has 0 bridgehead atoms. The molecule has 0 spiro atoms. The number of anilines is 1. The van der Waals surface area contributed by atoms with Crippen LogP contribution in [-0.4, -0.2) is 32.9 Å². The Bertz CT molecular complexity index is 932. The van der Waals surface area contributed by atoms with Crippen molar-refractivity contribution in [2.45, 2.75) is 17.3 Å². The van der Waals surface area contributed by atoms with E-state index in [9.17, 15) is 4.79 Å². The number of nitrogens with zero attached hydrogens (tertiary/aromatic N) is 3. The van der Waals surface area contributed by atoms with Crippen LogP contribution in [0.1, 0.15) is 6.92 Å². The summed E-state index contributed by atoms with van der Waals surface area (Å²) in [6, 6.07) is 8.76. The number of amides is 1. The van der Waals surface area contributed by atoms with Crippen molar-refractivity contribution >= 4 is 52.2 Å². The van der Waals surface area contributed by atoms with Crippen LogP contribution in [0.5, 0.6) is 5.75 Å². The Hall–Kier alpha value is -1.96. The molecule has 3 rings (SSSR count). The molecule has 0 saturated heterocycles. The third-order valence-corrected chi connectivity index (χ3v) is 4.93. The van der Waals surface area contributed by atoms with Gasteiger partial charge in [-0.3, -0.25) is 9.20 Å². The Balaban J connectivity index is 1.75. The van der Waals surface area contributed by atoms with Gasteiger partial charge in [-0.1, -0.05) is 41.0 Å². The molecule has 0 aliphatic heterocycles. The monoisotopic (exact) mass is 396 g/mol. The highest BCUT2D eigenvalue weighted by Gasteiger charge is 2.19. The number of hydrogen-bond donors (Lipinski definition) is 1. The number of thioether (sulfide) groups is 1. The maximum absolute atomic E-state index is 12.4. The molecule has 130 valence electrons. The number of pyridine rings is 1. The second-order valence-corrected chi connectivity index (χ2v) is 7.32. The van der Waals surface area contributed by atoms with Crippen molar-refractivity contribution < 1.29 is 9.53 Å². The van der Waals surface area contributed by atoms with Crippen LogP contribution in [0.2, 0.25) is 10.0 Å². The zero-order chi connectivity index (χ0) is 18.0. The summed E-state index contributed by atoms with van der Waals surface area (Å²) in [4.78, 5) is 12.4. The Morgan fingerprint density at radius 2 is 2.12 bits per heavy atom. The molecule has 2 heterocycles. The largest absolute Gasteiger partial charge is 0.497 e. The number of halogens is 2. The van der Waals surface area contributed by atoms with Gasteiger partial charge in [0, 0.05) is 18.0 Å². The average Bonchev–Trinajstić information content (AvgIpc) is 2.98. The molecular weight excluding hydrogens is 383 g/mol. The summed E-state index contributed by atoms with van der Waals surface area (Å²) in [5.74, 6) is 0.508. The summed E-state index contributed by atoms with van der Waals surface area (Å²) in [6.07, 6.45) is 1.66. The number of benzene rings is 1. The summed E-state index contributed by atoms with van der Waals surface area (Å²) >= 11 is 13.4. The minimum Gasteiger partial charge on any atom is -0.497 e. The summed E-state index contributed by atoms with van der Waals surface area (Å²) < 4.78 is 6.82. The first-order chi connectivity index (χ1) is 12.0. The Morgan fingerprint density at radius 1 is 1.32 bits per heavy atom. The first-order valence-electron chi connectivity index (χ1n) is 7.29.